The summed E-state index contributed by atoms with van der Waals surface area (Å²) >= 11 is 1.88. The van der Waals surface area contributed by atoms with E-state index in [-0.39, 0.29) is 24.0 Å². The lowest BCUT2D eigenvalue weighted by Gasteiger charge is -2.18. The summed E-state index contributed by atoms with van der Waals surface area (Å²) in [4.78, 5) is 1.37. The highest BCUT2D eigenvalue weighted by molar-refractivity contribution is 8.14. The maximum Gasteiger partial charge on any atom is 0.247 e. The van der Waals surface area contributed by atoms with Crippen LogP contribution in [0.25, 0.3) is 0 Å². The molecule has 0 unspecified atom stereocenters. The van der Waals surface area contributed by atoms with Gasteiger partial charge in [0.2, 0.25) is 5.04 Å². The van der Waals surface area contributed by atoms with Crippen LogP contribution in [0.2, 0.25) is 0 Å². The summed E-state index contributed by atoms with van der Waals surface area (Å²) in [7, 11) is 0. The minimum atomic E-state index is 0. The van der Waals surface area contributed by atoms with Gasteiger partial charge in [0.25, 0.3) is 0 Å². The number of nitrogens with zero attached hydrogens (tertiary/aromatic N) is 1. The molecule has 0 saturated carbocycles. The number of hydrogen-bond acceptors (Lipinski definition) is 1. The van der Waals surface area contributed by atoms with Crippen LogP contribution < -0.4 is 24.0 Å². The van der Waals surface area contributed by atoms with Gasteiger partial charge in [0.05, 0.1) is 5.56 Å². The molecule has 4 rings (SSSR count). The molecule has 1 nitrogen and oxygen atoms in total. The molecule has 0 spiro atoms. The second kappa shape index (κ2) is 7.99. The lowest BCUT2D eigenvalue weighted by Crippen LogP contribution is -3.00. The SMILES string of the molecule is [I-].c1ccc(C[N+]2=C(c3ccccc3)Sc3ccccc3C2)cc1. The number of fused-ring (bicyclic) bond motifs is 1. The number of thioether (sulfide) groups is 1. The van der Waals surface area contributed by atoms with Crippen molar-refractivity contribution in [1.29, 1.82) is 0 Å². The zero-order chi connectivity index (χ0) is 15.5. The van der Waals surface area contributed by atoms with Gasteiger partial charge in [0, 0.05) is 16.0 Å². The Kier molecular flexibility index (Phi) is 5.74. The highest BCUT2D eigenvalue weighted by atomic mass is 127. The number of hydrogen-bond donors (Lipinski definition) is 0. The molecule has 0 aliphatic carbocycles. The van der Waals surface area contributed by atoms with Crippen LogP contribution in [-0.2, 0) is 13.1 Å². The topological polar surface area (TPSA) is 3.01 Å². The Balaban J connectivity index is 0.00000169. The lowest BCUT2D eigenvalue weighted by atomic mass is 10.1. The van der Waals surface area contributed by atoms with Crippen molar-refractivity contribution in [2.24, 2.45) is 0 Å². The first-order valence-corrected chi connectivity index (χ1v) is 8.69. The molecule has 0 aromatic heterocycles. The first-order chi connectivity index (χ1) is 11.4. The second-order valence-corrected chi connectivity index (χ2v) is 6.75. The van der Waals surface area contributed by atoms with Crippen molar-refractivity contribution in [3.8, 4) is 0 Å². The van der Waals surface area contributed by atoms with E-state index in [0.29, 0.717) is 0 Å². The molecule has 1 aliphatic rings. The largest absolute Gasteiger partial charge is 1.00 e. The van der Waals surface area contributed by atoms with E-state index in [2.05, 4.69) is 89.5 Å². The van der Waals surface area contributed by atoms with Gasteiger partial charge in [-0.05, 0) is 30.0 Å². The van der Waals surface area contributed by atoms with Crippen LogP contribution in [0.15, 0.2) is 89.8 Å². The van der Waals surface area contributed by atoms with Gasteiger partial charge in [-0.1, -0.05) is 66.7 Å². The fourth-order valence-corrected chi connectivity index (χ4v) is 4.06. The van der Waals surface area contributed by atoms with Gasteiger partial charge in [0.15, 0.2) is 13.1 Å². The average Bonchev–Trinajstić information content (AvgIpc) is 2.63. The molecular weight excluding hydrogens is 425 g/mol. The predicted octanol–water partition coefficient (Wildman–Crippen LogP) is 1.96. The van der Waals surface area contributed by atoms with Crippen molar-refractivity contribution in [2.75, 3.05) is 0 Å². The van der Waals surface area contributed by atoms with Crippen molar-refractivity contribution in [1.82, 2.24) is 0 Å². The smallest absolute Gasteiger partial charge is 0.247 e. The maximum atomic E-state index is 2.48. The molecule has 0 amide bonds. The summed E-state index contributed by atoms with van der Waals surface area (Å²) in [5, 5.41) is 1.34. The molecule has 0 bridgehead atoms. The summed E-state index contributed by atoms with van der Waals surface area (Å²) in [5.41, 5.74) is 4.05. The van der Waals surface area contributed by atoms with E-state index in [1.165, 1.54) is 26.6 Å². The van der Waals surface area contributed by atoms with Crippen molar-refractivity contribution in [3.05, 3.63) is 102 Å². The quantitative estimate of drug-likeness (QED) is 0.442. The molecule has 3 aromatic carbocycles. The lowest BCUT2D eigenvalue weighted by molar-refractivity contribution is -0.558. The number of benzene rings is 3. The van der Waals surface area contributed by atoms with Crippen LogP contribution in [-0.4, -0.2) is 9.62 Å². The fourth-order valence-electron chi connectivity index (χ4n) is 2.93. The van der Waals surface area contributed by atoms with Crippen molar-refractivity contribution in [2.45, 2.75) is 18.0 Å². The standard InChI is InChI=1S/C21H18NS.HI/c1-3-9-17(10-4-1)15-22-16-19-13-7-8-14-20(19)23-21(22)18-11-5-2-6-12-18;/h1-14H,15-16H2;1H/q+1;/p-1. The fraction of sp³-hybridized carbons (Fsp3) is 0.0952. The minimum absolute atomic E-state index is 0. The molecule has 1 heterocycles. The third-order valence-corrected chi connectivity index (χ3v) is 5.37. The Hall–Kier alpha value is -1.59. The molecule has 0 atom stereocenters. The molecule has 0 saturated heterocycles. The summed E-state index contributed by atoms with van der Waals surface area (Å²) in [6.07, 6.45) is 0. The van der Waals surface area contributed by atoms with Gasteiger partial charge in [-0.15, -0.1) is 0 Å². The zero-order valence-corrected chi connectivity index (χ0v) is 16.2. The molecule has 0 N–H and O–H groups in total. The Morgan fingerprint density at radius 1 is 0.750 bits per heavy atom. The van der Waals surface area contributed by atoms with Crippen LogP contribution in [0, 0.1) is 0 Å². The summed E-state index contributed by atoms with van der Waals surface area (Å²) in [5.74, 6) is 0. The maximum absolute atomic E-state index is 2.48. The first kappa shape index (κ1) is 17.2. The predicted molar refractivity (Wildman–Crippen MR) is 97.0 cm³/mol. The van der Waals surface area contributed by atoms with Gasteiger partial charge in [-0.3, -0.25) is 0 Å². The van der Waals surface area contributed by atoms with Crippen LogP contribution in [0.4, 0.5) is 0 Å². The third-order valence-electron chi connectivity index (χ3n) is 4.06. The summed E-state index contributed by atoms with van der Waals surface area (Å²) < 4.78 is 2.48. The summed E-state index contributed by atoms with van der Waals surface area (Å²) in [6.45, 7) is 1.90. The zero-order valence-electron chi connectivity index (χ0n) is 13.2. The molecular formula is C21H18INS. The third kappa shape index (κ3) is 3.73. The van der Waals surface area contributed by atoms with Gasteiger partial charge in [-0.2, -0.15) is 0 Å². The molecule has 0 radical (unpaired) electrons. The Morgan fingerprint density at radius 2 is 1.38 bits per heavy atom. The van der Waals surface area contributed by atoms with Gasteiger partial charge >= 0.3 is 0 Å². The van der Waals surface area contributed by atoms with Gasteiger partial charge < -0.3 is 24.0 Å². The van der Waals surface area contributed by atoms with Crippen LogP contribution in [0.1, 0.15) is 16.7 Å². The van der Waals surface area contributed by atoms with E-state index in [4.69, 9.17) is 0 Å². The van der Waals surface area contributed by atoms with E-state index in [1.807, 2.05) is 11.8 Å². The molecule has 120 valence electrons. The number of halogens is 1. The van der Waals surface area contributed by atoms with Crippen molar-refractivity contribution in [3.63, 3.8) is 0 Å². The second-order valence-electron chi connectivity index (χ2n) is 5.72. The number of rotatable bonds is 3. The Labute approximate surface area is 164 Å². The van der Waals surface area contributed by atoms with E-state index in [1.54, 1.807) is 0 Å². The molecule has 3 aromatic rings. The van der Waals surface area contributed by atoms with Crippen molar-refractivity contribution >= 4 is 16.8 Å². The Bertz CT molecular complexity index is 844. The van der Waals surface area contributed by atoms with Gasteiger partial charge in [0.1, 0.15) is 0 Å². The summed E-state index contributed by atoms with van der Waals surface area (Å²) in [6, 6.07) is 30.1. The van der Waals surface area contributed by atoms with Crippen LogP contribution >= 0.6 is 11.8 Å². The van der Waals surface area contributed by atoms with Crippen molar-refractivity contribution < 1.29 is 28.6 Å². The van der Waals surface area contributed by atoms with Gasteiger partial charge in [-0.25, -0.2) is 4.58 Å². The monoisotopic (exact) mass is 443 g/mol. The highest BCUT2D eigenvalue weighted by Gasteiger charge is 2.26. The van der Waals surface area contributed by atoms with E-state index in [9.17, 15) is 0 Å². The molecule has 0 fully saturated rings. The first-order valence-electron chi connectivity index (χ1n) is 7.87. The normalized spacial score (nSPS) is 13.2. The Morgan fingerprint density at radius 3 is 2.12 bits per heavy atom. The highest BCUT2D eigenvalue weighted by Crippen LogP contribution is 2.32. The molecule has 3 heteroatoms. The molecule has 24 heavy (non-hydrogen) atoms. The average molecular weight is 443 g/mol. The van der Waals surface area contributed by atoms with E-state index in [0.717, 1.165) is 13.1 Å². The van der Waals surface area contributed by atoms with Crippen LogP contribution in [0.5, 0.6) is 0 Å². The van der Waals surface area contributed by atoms with E-state index >= 15 is 0 Å². The van der Waals surface area contributed by atoms with Crippen LogP contribution in [0.3, 0.4) is 0 Å². The minimum Gasteiger partial charge on any atom is -1.00 e. The van der Waals surface area contributed by atoms with E-state index < -0.39 is 0 Å². The molecule has 1 aliphatic heterocycles.